The molecule has 2 N–H and O–H groups in total. The van der Waals surface area contributed by atoms with Crippen LogP contribution < -0.4 is 10.6 Å². The van der Waals surface area contributed by atoms with E-state index < -0.39 is 0 Å². The summed E-state index contributed by atoms with van der Waals surface area (Å²) in [7, 11) is 0. The quantitative estimate of drug-likeness (QED) is 0.801. The smallest absolute Gasteiger partial charge is 0.175 e. The lowest BCUT2D eigenvalue weighted by molar-refractivity contribution is 0.632. The Kier molecular flexibility index (Phi) is 4.28. The molecule has 0 aliphatic heterocycles. The number of rotatable bonds is 2. The van der Waals surface area contributed by atoms with Gasteiger partial charge in [0.1, 0.15) is 5.82 Å². The van der Waals surface area contributed by atoms with Gasteiger partial charge >= 0.3 is 0 Å². The van der Waals surface area contributed by atoms with Gasteiger partial charge in [-0.05, 0) is 42.5 Å². The van der Waals surface area contributed by atoms with Crippen molar-refractivity contribution in [1.29, 1.82) is 0 Å². The van der Waals surface area contributed by atoms with Crippen molar-refractivity contribution in [2.45, 2.75) is 0 Å². The molecule has 0 saturated heterocycles. The van der Waals surface area contributed by atoms with Crippen LogP contribution in [0.3, 0.4) is 0 Å². The molecule has 0 unspecified atom stereocenters. The highest BCUT2D eigenvalue weighted by Crippen LogP contribution is 2.17. The Balaban J connectivity index is 2.03. The van der Waals surface area contributed by atoms with Gasteiger partial charge in [-0.25, -0.2) is 4.39 Å². The molecule has 0 amide bonds. The Morgan fingerprint density at radius 3 is 2.56 bits per heavy atom. The van der Waals surface area contributed by atoms with Crippen LogP contribution in [0.5, 0.6) is 0 Å². The minimum Gasteiger partial charge on any atom is -0.332 e. The maximum atomic E-state index is 13.4. The van der Waals surface area contributed by atoms with Crippen LogP contribution in [-0.2, 0) is 0 Å². The van der Waals surface area contributed by atoms with Crippen LogP contribution in [0.2, 0.25) is 0 Å². The zero-order valence-electron chi connectivity index (χ0n) is 9.28. The lowest BCUT2D eigenvalue weighted by Crippen LogP contribution is -2.19. The first kappa shape index (κ1) is 13.0. The largest absolute Gasteiger partial charge is 0.332 e. The maximum Gasteiger partial charge on any atom is 0.175 e. The van der Waals surface area contributed by atoms with Crippen molar-refractivity contribution in [1.82, 2.24) is 0 Å². The number of halogens is 2. The van der Waals surface area contributed by atoms with E-state index in [0.717, 1.165) is 10.2 Å². The van der Waals surface area contributed by atoms with Crippen LogP contribution >= 0.6 is 28.1 Å². The third-order valence-electron chi connectivity index (χ3n) is 2.20. The van der Waals surface area contributed by atoms with Gasteiger partial charge < -0.3 is 10.6 Å². The van der Waals surface area contributed by atoms with Crippen LogP contribution in [0.15, 0.2) is 53.0 Å². The molecule has 18 heavy (non-hydrogen) atoms. The standard InChI is InChI=1S/C13H10BrFN2S/c14-9-4-3-5-10(8-9)16-13(18)17-12-7-2-1-6-11(12)15/h1-8H,(H2,16,17,18). The summed E-state index contributed by atoms with van der Waals surface area (Å²) in [4.78, 5) is 0. The zero-order chi connectivity index (χ0) is 13.0. The van der Waals surface area contributed by atoms with Crippen molar-refractivity contribution in [3.05, 3.63) is 58.8 Å². The second kappa shape index (κ2) is 5.93. The highest BCUT2D eigenvalue weighted by Gasteiger charge is 2.03. The lowest BCUT2D eigenvalue weighted by atomic mass is 10.3. The number of para-hydroxylation sites is 1. The Bertz CT molecular complexity index is 574. The molecule has 2 nitrogen and oxygen atoms in total. The van der Waals surface area contributed by atoms with Crippen molar-refractivity contribution in [2.24, 2.45) is 0 Å². The average Bonchev–Trinajstić information content (AvgIpc) is 2.32. The van der Waals surface area contributed by atoms with Crippen molar-refractivity contribution in [2.75, 3.05) is 10.6 Å². The summed E-state index contributed by atoms with van der Waals surface area (Å²) in [5, 5.41) is 6.14. The van der Waals surface area contributed by atoms with Gasteiger partial charge in [-0.15, -0.1) is 0 Å². The molecule has 0 radical (unpaired) electrons. The van der Waals surface area contributed by atoms with Crippen molar-refractivity contribution < 1.29 is 4.39 Å². The molecule has 2 aromatic rings. The van der Waals surface area contributed by atoms with Crippen LogP contribution in [0.25, 0.3) is 0 Å². The summed E-state index contributed by atoms with van der Waals surface area (Å²) in [6, 6.07) is 13.9. The predicted octanol–water partition coefficient (Wildman–Crippen LogP) is 4.40. The van der Waals surface area contributed by atoms with Gasteiger partial charge in [0.25, 0.3) is 0 Å². The maximum absolute atomic E-state index is 13.4. The molecule has 2 rings (SSSR count). The molecule has 0 fully saturated rings. The Labute approximate surface area is 118 Å². The van der Waals surface area contributed by atoms with Crippen LogP contribution in [0.4, 0.5) is 15.8 Å². The first-order valence-corrected chi connectivity index (χ1v) is 6.43. The van der Waals surface area contributed by atoms with Crippen LogP contribution in [0.1, 0.15) is 0 Å². The molecule has 92 valence electrons. The van der Waals surface area contributed by atoms with Gasteiger partial charge in [0.2, 0.25) is 0 Å². The third kappa shape index (κ3) is 3.51. The summed E-state index contributed by atoms with van der Waals surface area (Å²) in [6.45, 7) is 0. The van der Waals surface area contributed by atoms with E-state index in [1.165, 1.54) is 6.07 Å². The van der Waals surface area contributed by atoms with E-state index in [-0.39, 0.29) is 5.82 Å². The molecule has 0 aromatic heterocycles. The molecular formula is C13H10BrFN2S. The first-order valence-electron chi connectivity index (χ1n) is 5.23. The van der Waals surface area contributed by atoms with Crippen molar-refractivity contribution in [3.63, 3.8) is 0 Å². The lowest BCUT2D eigenvalue weighted by Gasteiger charge is -2.11. The second-order valence-corrected chi connectivity index (χ2v) is 4.89. The molecule has 0 heterocycles. The van der Waals surface area contributed by atoms with Crippen molar-refractivity contribution >= 4 is 44.6 Å². The van der Waals surface area contributed by atoms with Gasteiger partial charge in [0, 0.05) is 10.2 Å². The van der Waals surface area contributed by atoms with Gasteiger partial charge in [-0.3, -0.25) is 0 Å². The zero-order valence-corrected chi connectivity index (χ0v) is 11.7. The predicted molar refractivity (Wildman–Crippen MR) is 80.4 cm³/mol. The summed E-state index contributed by atoms with van der Waals surface area (Å²) >= 11 is 8.48. The SMILES string of the molecule is Fc1ccccc1NC(=S)Nc1cccc(Br)c1. The van der Waals surface area contributed by atoms with E-state index in [0.29, 0.717) is 10.8 Å². The highest BCUT2D eigenvalue weighted by atomic mass is 79.9. The minimum absolute atomic E-state index is 0.337. The van der Waals surface area contributed by atoms with E-state index in [1.54, 1.807) is 18.2 Å². The minimum atomic E-state index is -0.337. The first-order chi connectivity index (χ1) is 8.65. The monoisotopic (exact) mass is 324 g/mol. The summed E-state index contributed by atoms with van der Waals surface area (Å²) in [5.74, 6) is -0.337. The topological polar surface area (TPSA) is 24.1 Å². The summed E-state index contributed by atoms with van der Waals surface area (Å²) in [5.41, 5.74) is 1.18. The van der Waals surface area contributed by atoms with Gasteiger partial charge in [-0.1, -0.05) is 34.1 Å². The van der Waals surface area contributed by atoms with E-state index in [9.17, 15) is 4.39 Å². The molecule has 0 spiro atoms. The average molecular weight is 325 g/mol. The second-order valence-electron chi connectivity index (χ2n) is 3.57. The number of nitrogens with one attached hydrogen (secondary N) is 2. The van der Waals surface area contributed by atoms with Crippen LogP contribution in [-0.4, -0.2) is 5.11 Å². The number of anilines is 2. The molecule has 2 aromatic carbocycles. The molecule has 0 aliphatic rings. The molecule has 5 heteroatoms. The Morgan fingerprint density at radius 2 is 1.83 bits per heavy atom. The molecular weight excluding hydrogens is 315 g/mol. The molecule has 0 bridgehead atoms. The fourth-order valence-corrected chi connectivity index (χ4v) is 2.04. The summed E-state index contributed by atoms with van der Waals surface area (Å²) < 4.78 is 14.3. The summed E-state index contributed by atoms with van der Waals surface area (Å²) in [6.07, 6.45) is 0. The Morgan fingerprint density at radius 1 is 1.06 bits per heavy atom. The van der Waals surface area contributed by atoms with Crippen LogP contribution in [0, 0.1) is 5.82 Å². The van der Waals surface area contributed by atoms with Gasteiger partial charge in [0.15, 0.2) is 5.11 Å². The van der Waals surface area contributed by atoms with Gasteiger partial charge in [-0.2, -0.15) is 0 Å². The molecule has 0 saturated carbocycles. The van der Waals surface area contributed by atoms with Crippen molar-refractivity contribution in [3.8, 4) is 0 Å². The number of hydrogen-bond acceptors (Lipinski definition) is 1. The Hall–Kier alpha value is -1.46. The number of hydrogen-bond donors (Lipinski definition) is 2. The van der Waals surface area contributed by atoms with E-state index in [1.807, 2.05) is 24.3 Å². The fourth-order valence-electron chi connectivity index (χ4n) is 1.41. The van der Waals surface area contributed by atoms with E-state index >= 15 is 0 Å². The molecule has 0 aliphatic carbocycles. The fraction of sp³-hybridized carbons (Fsp3) is 0. The highest BCUT2D eigenvalue weighted by molar-refractivity contribution is 9.10. The van der Waals surface area contributed by atoms with E-state index in [2.05, 4.69) is 26.6 Å². The number of thiocarbonyl (C=S) groups is 1. The number of benzene rings is 2. The van der Waals surface area contributed by atoms with E-state index in [4.69, 9.17) is 12.2 Å². The van der Waals surface area contributed by atoms with Gasteiger partial charge in [0.05, 0.1) is 5.69 Å². The molecule has 0 atom stereocenters. The normalized spacial score (nSPS) is 9.89. The third-order valence-corrected chi connectivity index (χ3v) is 2.90.